The highest BCUT2D eigenvalue weighted by atomic mass is 32.2. The number of ether oxygens (including phenoxy) is 2. The van der Waals surface area contributed by atoms with Gasteiger partial charge in [0.05, 0.1) is 18.9 Å². The van der Waals surface area contributed by atoms with E-state index in [0.29, 0.717) is 24.0 Å². The quantitative estimate of drug-likeness (QED) is 0.791. The van der Waals surface area contributed by atoms with Crippen molar-refractivity contribution < 1.29 is 14.3 Å². The molecule has 0 radical (unpaired) electrons. The fourth-order valence-corrected chi connectivity index (χ4v) is 3.34. The number of anilines is 1. The van der Waals surface area contributed by atoms with Crippen LogP contribution < -0.4 is 10.1 Å². The molecule has 2 rings (SSSR count). The van der Waals surface area contributed by atoms with Gasteiger partial charge in [-0.05, 0) is 49.1 Å². The number of carbonyl (C=O) groups is 1. The molecule has 5 heteroatoms. The molecule has 4 nitrogen and oxygen atoms in total. The molecule has 1 heterocycles. The summed E-state index contributed by atoms with van der Waals surface area (Å²) >= 11 is 1.65. The molecule has 1 amide bonds. The Morgan fingerprint density at radius 1 is 1.48 bits per heavy atom. The van der Waals surface area contributed by atoms with Crippen LogP contribution in [-0.4, -0.2) is 32.0 Å². The standard InChI is InChI=1S/C18H27NO3S/c1-12(2)16-9-13(7-8-22-16)10-18(20)19-15-6-5-14(23-4)11-17(15)21-3/h5-6,11-13,16H,7-10H2,1-4H3,(H,19,20)/t13-,16+/m1/s1. The highest BCUT2D eigenvalue weighted by molar-refractivity contribution is 7.98. The van der Waals surface area contributed by atoms with E-state index < -0.39 is 0 Å². The molecule has 1 N–H and O–H groups in total. The van der Waals surface area contributed by atoms with Gasteiger partial charge in [0.1, 0.15) is 5.75 Å². The molecular weight excluding hydrogens is 310 g/mol. The van der Waals surface area contributed by atoms with Gasteiger partial charge in [0.2, 0.25) is 5.91 Å². The number of hydrogen-bond acceptors (Lipinski definition) is 4. The fraction of sp³-hybridized carbons (Fsp3) is 0.611. The van der Waals surface area contributed by atoms with E-state index in [9.17, 15) is 4.79 Å². The molecule has 1 aliphatic heterocycles. The number of thioether (sulfide) groups is 1. The van der Waals surface area contributed by atoms with Crippen LogP contribution in [0.15, 0.2) is 23.1 Å². The molecule has 128 valence electrons. The Kier molecular flexibility index (Phi) is 6.78. The molecule has 1 aromatic carbocycles. The summed E-state index contributed by atoms with van der Waals surface area (Å²) in [6.45, 7) is 5.10. The van der Waals surface area contributed by atoms with E-state index in [0.717, 1.165) is 30.0 Å². The minimum atomic E-state index is 0.0506. The predicted molar refractivity (Wildman–Crippen MR) is 95.3 cm³/mol. The highest BCUT2D eigenvalue weighted by Crippen LogP contribution is 2.31. The van der Waals surface area contributed by atoms with Gasteiger partial charge in [-0.2, -0.15) is 0 Å². The second kappa shape index (κ2) is 8.60. The van der Waals surface area contributed by atoms with Crippen LogP contribution in [0.4, 0.5) is 5.69 Å². The largest absolute Gasteiger partial charge is 0.495 e. The lowest BCUT2D eigenvalue weighted by Gasteiger charge is -2.31. The summed E-state index contributed by atoms with van der Waals surface area (Å²) < 4.78 is 11.2. The van der Waals surface area contributed by atoms with Gasteiger partial charge in [-0.15, -0.1) is 11.8 Å². The Balaban J connectivity index is 1.94. The van der Waals surface area contributed by atoms with Gasteiger partial charge in [0, 0.05) is 17.9 Å². The summed E-state index contributed by atoms with van der Waals surface area (Å²) in [5, 5.41) is 2.99. The third-order valence-corrected chi connectivity index (χ3v) is 5.05. The summed E-state index contributed by atoms with van der Waals surface area (Å²) in [6.07, 6.45) is 4.76. The molecule has 1 fully saturated rings. The molecule has 0 aromatic heterocycles. The summed E-state index contributed by atoms with van der Waals surface area (Å²) in [6, 6.07) is 5.85. The van der Waals surface area contributed by atoms with E-state index >= 15 is 0 Å². The van der Waals surface area contributed by atoms with Crippen molar-refractivity contribution in [1.29, 1.82) is 0 Å². The summed E-state index contributed by atoms with van der Waals surface area (Å²) in [5.41, 5.74) is 0.739. The van der Waals surface area contributed by atoms with Crippen molar-refractivity contribution in [2.75, 3.05) is 25.3 Å². The Morgan fingerprint density at radius 3 is 2.91 bits per heavy atom. The fourth-order valence-electron chi connectivity index (χ4n) is 2.92. The van der Waals surface area contributed by atoms with Crippen LogP contribution in [0.1, 0.15) is 33.1 Å². The van der Waals surface area contributed by atoms with E-state index in [4.69, 9.17) is 9.47 Å². The zero-order valence-electron chi connectivity index (χ0n) is 14.4. The Morgan fingerprint density at radius 2 is 2.26 bits per heavy atom. The Bertz CT molecular complexity index is 533. The summed E-state index contributed by atoms with van der Waals surface area (Å²) in [5.74, 6) is 1.65. The smallest absolute Gasteiger partial charge is 0.224 e. The van der Waals surface area contributed by atoms with Crippen LogP contribution >= 0.6 is 11.8 Å². The van der Waals surface area contributed by atoms with E-state index in [1.165, 1.54) is 0 Å². The maximum absolute atomic E-state index is 12.4. The van der Waals surface area contributed by atoms with Crippen molar-refractivity contribution in [1.82, 2.24) is 0 Å². The van der Waals surface area contributed by atoms with Gasteiger partial charge >= 0.3 is 0 Å². The molecule has 0 saturated carbocycles. The number of benzene rings is 1. The minimum absolute atomic E-state index is 0.0506. The van der Waals surface area contributed by atoms with Crippen molar-refractivity contribution in [2.45, 2.75) is 44.1 Å². The second-order valence-corrected chi connectivity index (χ2v) is 7.24. The van der Waals surface area contributed by atoms with Gasteiger partial charge in [0.15, 0.2) is 0 Å². The van der Waals surface area contributed by atoms with Crippen molar-refractivity contribution in [2.24, 2.45) is 11.8 Å². The van der Waals surface area contributed by atoms with E-state index in [1.807, 2.05) is 24.5 Å². The van der Waals surface area contributed by atoms with Crippen LogP contribution in [0.2, 0.25) is 0 Å². The third-order valence-electron chi connectivity index (χ3n) is 4.32. The maximum Gasteiger partial charge on any atom is 0.224 e. The predicted octanol–water partition coefficient (Wildman–Crippen LogP) is 4.20. The third kappa shape index (κ3) is 5.15. The highest BCUT2D eigenvalue weighted by Gasteiger charge is 2.26. The first-order chi connectivity index (χ1) is 11.0. The zero-order valence-corrected chi connectivity index (χ0v) is 15.2. The lowest BCUT2D eigenvalue weighted by molar-refractivity contribution is -0.118. The molecule has 23 heavy (non-hydrogen) atoms. The number of methoxy groups -OCH3 is 1. The van der Waals surface area contributed by atoms with Crippen LogP contribution in [0.25, 0.3) is 0 Å². The first kappa shape index (κ1) is 18.1. The number of amides is 1. The molecule has 0 bridgehead atoms. The van der Waals surface area contributed by atoms with E-state index in [1.54, 1.807) is 18.9 Å². The van der Waals surface area contributed by atoms with Crippen LogP contribution in [0, 0.1) is 11.8 Å². The molecule has 1 saturated heterocycles. The monoisotopic (exact) mass is 337 g/mol. The van der Waals surface area contributed by atoms with Gasteiger partial charge in [-0.25, -0.2) is 0 Å². The molecule has 0 unspecified atom stereocenters. The molecule has 2 atom stereocenters. The van der Waals surface area contributed by atoms with Crippen LogP contribution in [0.5, 0.6) is 5.75 Å². The van der Waals surface area contributed by atoms with Crippen molar-refractivity contribution >= 4 is 23.4 Å². The molecule has 0 aliphatic carbocycles. The van der Waals surface area contributed by atoms with Crippen molar-refractivity contribution in [3.05, 3.63) is 18.2 Å². The molecule has 0 spiro atoms. The Labute approximate surface area is 143 Å². The lowest BCUT2D eigenvalue weighted by atomic mass is 9.88. The Hall–Kier alpha value is -1.20. The van der Waals surface area contributed by atoms with E-state index in [2.05, 4.69) is 19.2 Å². The maximum atomic E-state index is 12.4. The van der Waals surface area contributed by atoms with Gasteiger partial charge < -0.3 is 14.8 Å². The number of nitrogens with one attached hydrogen (secondary N) is 1. The summed E-state index contributed by atoms with van der Waals surface area (Å²) in [4.78, 5) is 13.5. The molecule has 1 aromatic rings. The van der Waals surface area contributed by atoms with Gasteiger partial charge in [0.25, 0.3) is 0 Å². The molecule has 1 aliphatic rings. The van der Waals surface area contributed by atoms with Crippen molar-refractivity contribution in [3.63, 3.8) is 0 Å². The number of carbonyl (C=O) groups excluding carboxylic acids is 1. The first-order valence-corrected chi connectivity index (χ1v) is 9.39. The SMILES string of the molecule is COc1cc(SC)ccc1NC(=O)C[C@@H]1CCO[C@H](C(C)C)C1. The molecular formula is C18H27NO3S. The average Bonchev–Trinajstić information content (AvgIpc) is 2.55. The number of hydrogen-bond donors (Lipinski definition) is 1. The minimum Gasteiger partial charge on any atom is -0.495 e. The van der Waals surface area contributed by atoms with Crippen LogP contribution in [-0.2, 0) is 9.53 Å². The topological polar surface area (TPSA) is 47.6 Å². The lowest BCUT2D eigenvalue weighted by Crippen LogP contribution is -2.31. The second-order valence-electron chi connectivity index (χ2n) is 6.36. The first-order valence-electron chi connectivity index (χ1n) is 8.17. The van der Waals surface area contributed by atoms with Crippen LogP contribution in [0.3, 0.4) is 0 Å². The zero-order chi connectivity index (χ0) is 16.8. The van der Waals surface area contributed by atoms with Crippen molar-refractivity contribution in [3.8, 4) is 5.75 Å². The average molecular weight is 337 g/mol. The van der Waals surface area contributed by atoms with E-state index in [-0.39, 0.29) is 12.0 Å². The van der Waals surface area contributed by atoms with Gasteiger partial charge in [-0.3, -0.25) is 4.79 Å². The summed E-state index contributed by atoms with van der Waals surface area (Å²) in [7, 11) is 1.63. The normalized spacial score (nSPS) is 21.3. The van der Waals surface area contributed by atoms with Gasteiger partial charge in [-0.1, -0.05) is 13.8 Å². The number of rotatable bonds is 6.